The van der Waals surface area contributed by atoms with Crippen molar-refractivity contribution in [1.82, 2.24) is 9.78 Å². The molecule has 0 unspecified atom stereocenters. The third-order valence-electron chi connectivity index (χ3n) is 5.84. The lowest BCUT2D eigenvalue weighted by molar-refractivity contribution is 0.0995. The molecule has 6 nitrogen and oxygen atoms in total. The first-order chi connectivity index (χ1) is 16.5. The molecule has 0 atom stereocenters. The number of hydrogen-bond donors (Lipinski definition) is 1. The number of hydrogen-bond acceptors (Lipinski definition) is 4. The number of anilines is 1. The van der Waals surface area contributed by atoms with Crippen LogP contribution in [-0.4, -0.2) is 15.7 Å². The Morgan fingerprint density at radius 2 is 1.65 bits per heavy atom. The van der Waals surface area contributed by atoms with Gasteiger partial charge in [0, 0.05) is 10.9 Å². The summed E-state index contributed by atoms with van der Waals surface area (Å²) in [5.41, 5.74) is 5.70. The van der Waals surface area contributed by atoms with Crippen LogP contribution in [0.2, 0.25) is 0 Å². The molecule has 5 aromatic rings. The Hall–Kier alpha value is -4.32. The molecule has 6 heteroatoms. The van der Waals surface area contributed by atoms with E-state index in [4.69, 9.17) is 9.15 Å². The highest BCUT2D eigenvalue weighted by atomic mass is 16.5. The van der Waals surface area contributed by atoms with Crippen molar-refractivity contribution in [3.8, 4) is 11.4 Å². The molecule has 0 bridgehead atoms. The zero-order valence-electron chi connectivity index (χ0n) is 19.3. The molecule has 5 rings (SSSR count). The molecule has 34 heavy (non-hydrogen) atoms. The summed E-state index contributed by atoms with van der Waals surface area (Å²) in [6.07, 6.45) is 0. The summed E-state index contributed by atoms with van der Waals surface area (Å²) in [7, 11) is 0. The molecule has 0 saturated heterocycles. The summed E-state index contributed by atoms with van der Waals surface area (Å²) in [5.74, 6) is 0.627. The first-order valence-electron chi connectivity index (χ1n) is 11.1. The average molecular weight is 452 g/mol. The van der Waals surface area contributed by atoms with Gasteiger partial charge in [0.15, 0.2) is 5.76 Å². The van der Waals surface area contributed by atoms with Gasteiger partial charge >= 0.3 is 0 Å². The smallest absolute Gasteiger partial charge is 0.291 e. The van der Waals surface area contributed by atoms with Gasteiger partial charge in [-0.25, -0.2) is 4.68 Å². The van der Waals surface area contributed by atoms with E-state index < -0.39 is 0 Å². The first kappa shape index (κ1) is 21.5. The van der Waals surface area contributed by atoms with Gasteiger partial charge in [0.05, 0.1) is 22.8 Å². The van der Waals surface area contributed by atoms with Crippen LogP contribution in [0.25, 0.3) is 16.7 Å². The van der Waals surface area contributed by atoms with Gasteiger partial charge in [-0.2, -0.15) is 5.10 Å². The Kier molecular flexibility index (Phi) is 5.64. The molecule has 0 aliphatic heterocycles. The Labute approximate surface area is 197 Å². The molecule has 0 spiro atoms. The van der Waals surface area contributed by atoms with Gasteiger partial charge in [-0.1, -0.05) is 54.1 Å². The third kappa shape index (κ3) is 4.06. The van der Waals surface area contributed by atoms with Crippen molar-refractivity contribution in [2.75, 3.05) is 5.32 Å². The molecule has 170 valence electrons. The van der Waals surface area contributed by atoms with Crippen molar-refractivity contribution in [3.63, 3.8) is 0 Å². The van der Waals surface area contributed by atoms with Crippen LogP contribution in [0.3, 0.4) is 0 Å². The van der Waals surface area contributed by atoms with Crippen LogP contribution in [-0.2, 0) is 6.61 Å². The number of aryl methyl sites for hydroxylation is 2. The fourth-order valence-corrected chi connectivity index (χ4v) is 4.03. The van der Waals surface area contributed by atoms with Crippen molar-refractivity contribution in [2.24, 2.45) is 0 Å². The van der Waals surface area contributed by atoms with E-state index in [0.717, 1.165) is 28.2 Å². The zero-order chi connectivity index (χ0) is 23.7. The summed E-state index contributed by atoms with van der Waals surface area (Å²) in [6.45, 7) is 6.08. The second-order valence-corrected chi connectivity index (χ2v) is 8.25. The largest absolute Gasteiger partial charge is 0.489 e. The maximum Gasteiger partial charge on any atom is 0.291 e. The van der Waals surface area contributed by atoms with Gasteiger partial charge < -0.3 is 14.5 Å². The predicted octanol–water partition coefficient (Wildman–Crippen LogP) is 6.38. The van der Waals surface area contributed by atoms with Crippen LogP contribution < -0.4 is 10.1 Å². The Bertz CT molecular complexity index is 1460. The number of furan rings is 1. The van der Waals surface area contributed by atoms with E-state index in [-0.39, 0.29) is 18.3 Å². The Morgan fingerprint density at radius 3 is 2.41 bits per heavy atom. The Morgan fingerprint density at radius 1 is 0.941 bits per heavy atom. The van der Waals surface area contributed by atoms with E-state index in [1.54, 1.807) is 0 Å². The van der Waals surface area contributed by atoms with E-state index in [2.05, 4.69) is 10.4 Å². The summed E-state index contributed by atoms with van der Waals surface area (Å²) in [6, 6.07) is 25.2. The van der Waals surface area contributed by atoms with E-state index in [0.29, 0.717) is 16.8 Å². The molecule has 0 saturated carbocycles. The molecular weight excluding hydrogens is 426 g/mol. The molecule has 1 amide bonds. The van der Waals surface area contributed by atoms with Crippen LogP contribution in [0.1, 0.15) is 33.1 Å². The highest BCUT2D eigenvalue weighted by Gasteiger charge is 2.23. The second-order valence-electron chi connectivity index (χ2n) is 8.25. The summed E-state index contributed by atoms with van der Waals surface area (Å²) in [4.78, 5) is 13.4. The fraction of sp³-hybridized carbons (Fsp3) is 0.143. The average Bonchev–Trinajstić information content (AvgIpc) is 3.36. The number of amides is 1. The fourth-order valence-electron chi connectivity index (χ4n) is 4.03. The number of aromatic nitrogens is 2. The molecule has 1 N–H and O–H groups in total. The predicted molar refractivity (Wildman–Crippen MR) is 133 cm³/mol. The lowest BCUT2D eigenvalue weighted by Gasteiger charge is -2.09. The highest BCUT2D eigenvalue weighted by molar-refractivity contribution is 6.07. The maximum atomic E-state index is 13.4. The lowest BCUT2D eigenvalue weighted by Crippen LogP contribution is -2.15. The van der Waals surface area contributed by atoms with Gasteiger partial charge in [-0.05, 0) is 51.1 Å². The quantitative estimate of drug-likeness (QED) is 0.325. The highest BCUT2D eigenvalue weighted by Crippen LogP contribution is 2.29. The standard InChI is InChI=1S/C28H25N3O3/c1-18-13-15-21(16-14-18)31-20(3)26(19(2)30-31)29-28(32)27-24(17-33-22-9-5-4-6-10-22)23-11-7-8-12-25(23)34-27/h4-16H,17H2,1-3H3,(H,29,32). The van der Waals surface area contributed by atoms with Crippen molar-refractivity contribution < 1.29 is 13.9 Å². The summed E-state index contributed by atoms with van der Waals surface area (Å²) in [5, 5.41) is 8.52. The molecular formula is C28H25N3O3. The van der Waals surface area contributed by atoms with Crippen molar-refractivity contribution in [3.05, 3.63) is 107 Å². The zero-order valence-corrected chi connectivity index (χ0v) is 19.3. The lowest BCUT2D eigenvalue weighted by atomic mass is 10.1. The number of carbonyl (C=O) groups is 1. The topological polar surface area (TPSA) is 69.3 Å². The molecule has 0 radical (unpaired) electrons. The van der Waals surface area contributed by atoms with Crippen LogP contribution in [0.5, 0.6) is 5.75 Å². The number of nitrogens with zero attached hydrogens (tertiary/aromatic N) is 2. The van der Waals surface area contributed by atoms with Crippen LogP contribution >= 0.6 is 0 Å². The molecule has 0 fully saturated rings. The van der Waals surface area contributed by atoms with Gasteiger partial charge in [0.2, 0.25) is 0 Å². The number of carbonyl (C=O) groups excluding carboxylic acids is 1. The van der Waals surface area contributed by atoms with Gasteiger partial charge in [0.1, 0.15) is 17.9 Å². The monoisotopic (exact) mass is 451 g/mol. The minimum atomic E-state index is -0.336. The molecule has 3 aromatic carbocycles. The number of benzene rings is 3. The normalized spacial score (nSPS) is 11.0. The van der Waals surface area contributed by atoms with Crippen LogP contribution in [0, 0.1) is 20.8 Å². The van der Waals surface area contributed by atoms with E-state index in [1.165, 1.54) is 5.56 Å². The minimum absolute atomic E-state index is 0.213. The van der Waals surface area contributed by atoms with Crippen molar-refractivity contribution in [1.29, 1.82) is 0 Å². The summed E-state index contributed by atoms with van der Waals surface area (Å²) < 4.78 is 13.8. The second kappa shape index (κ2) is 8.90. The van der Waals surface area contributed by atoms with Gasteiger partial charge in [-0.3, -0.25) is 4.79 Å². The summed E-state index contributed by atoms with van der Waals surface area (Å²) >= 11 is 0. The molecule has 2 aromatic heterocycles. The minimum Gasteiger partial charge on any atom is -0.489 e. The molecule has 0 aliphatic rings. The number of rotatable bonds is 6. The number of fused-ring (bicyclic) bond motifs is 1. The SMILES string of the molecule is Cc1ccc(-n2nc(C)c(NC(=O)c3oc4ccccc4c3COc3ccccc3)c2C)cc1. The van der Waals surface area contributed by atoms with E-state index in [1.807, 2.05) is 104 Å². The molecule has 2 heterocycles. The van der Waals surface area contributed by atoms with Gasteiger partial charge in [-0.15, -0.1) is 0 Å². The van der Waals surface area contributed by atoms with E-state index in [9.17, 15) is 4.79 Å². The third-order valence-corrected chi connectivity index (χ3v) is 5.84. The maximum absolute atomic E-state index is 13.4. The molecule has 0 aliphatic carbocycles. The Balaban J connectivity index is 1.47. The van der Waals surface area contributed by atoms with Crippen LogP contribution in [0.15, 0.2) is 83.3 Å². The first-order valence-corrected chi connectivity index (χ1v) is 11.1. The number of ether oxygens (including phenoxy) is 1. The number of para-hydroxylation sites is 2. The van der Waals surface area contributed by atoms with E-state index >= 15 is 0 Å². The van der Waals surface area contributed by atoms with Crippen LogP contribution in [0.4, 0.5) is 5.69 Å². The van der Waals surface area contributed by atoms with Crippen molar-refractivity contribution in [2.45, 2.75) is 27.4 Å². The number of nitrogens with one attached hydrogen (secondary N) is 1. The van der Waals surface area contributed by atoms with Crippen molar-refractivity contribution >= 4 is 22.6 Å². The van der Waals surface area contributed by atoms with Gasteiger partial charge in [0.25, 0.3) is 5.91 Å².